The highest BCUT2D eigenvalue weighted by molar-refractivity contribution is 5.94. The SMILES string of the molecule is CC(C)(C)C(CO)NC(=O)c1nn(-c2cnccn2)c2c1CC1CCC2O1. The summed E-state index contributed by atoms with van der Waals surface area (Å²) in [4.78, 5) is 21.5. The molecule has 8 heteroatoms. The van der Waals surface area contributed by atoms with E-state index in [1.807, 2.05) is 20.8 Å². The van der Waals surface area contributed by atoms with E-state index in [-0.39, 0.29) is 36.2 Å². The Bertz CT molecular complexity index is 843. The number of rotatable bonds is 4. The number of amides is 1. The molecule has 2 N–H and O–H groups in total. The fourth-order valence-electron chi connectivity index (χ4n) is 3.80. The average molecular weight is 371 g/mol. The minimum absolute atomic E-state index is 0.0777. The van der Waals surface area contributed by atoms with E-state index in [1.54, 1.807) is 23.3 Å². The number of hydrogen-bond donors (Lipinski definition) is 2. The molecule has 144 valence electrons. The van der Waals surface area contributed by atoms with Crippen LogP contribution in [0.1, 0.15) is 61.5 Å². The van der Waals surface area contributed by atoms with Crippen molar-refractivity contribution in [1.29, 1.82) is 0 Å². The first kappa shape index (κ1) is 18.1. The number of fused-ring (bicyclic) bond motifs is 4. The van der Waals surface area contributed by atoms with Crippen LogP contribution >= 0.6 is 0 Å². The third-order valence-corrected chi connectivity index (χ3v) is 5.38. The smallest absolute Gasteiger partial charge is 0.272 e. The van der Waals surface area contributed by atoms with Gasteiger partial charge in [-0.25, -0.2) is 9.67 Å². The summed E-state index contributed by atoms with van der Waals surface area (Å²) in [5, 5.41) is 17.2. The molecular weight excluding hydrogens is 346 g/mol. The Morgan fingerprint density at radius 2 is 2.22 bits per heavy atom. The van der Waals surface area contributed by atoms with Crippen molar-refractivity contribution in [3.63, 3.8) is 0 Å². The van der Waals surface area contributed by atoms with E-state index in [0.717, 1.165) is 24.1 Å². The molecule has 27 heavy (non-hydrogen) atoms. The van der Waals surface area contributed by atoms with Gasteiger partial charge in [-0.3, -0.25) is 9.78 Å². The van der Waals surface area contributed by atoms with Crippen LogP contribution in [-0.4, -0.2) is 49.5 Å². The maximum atomic E-state index is 13.0. The van der Waals surface area contributed by atoms with E-state index in [9.17, 15) is 9.90 Å². The van der Waals surface area contributed by atoms with Crippen LogP contribution in [0.5, 0.6) is 0 Å². The van der Waals surface area contributed by atoms with Gasteiger partial charge < -0.3 is 15.2 Å². The van der Waals surface area contributed by atoms with Gasteiger partial charge in [0.1, 0.15) is 6.10 Å². The summed E-state index contributed by atoms with van der Waals surface area (Å²) in [6, 6.07) is -0.362. The lowest BCUT2D eigenvalue weighted by Crippen LogP contribution is -2.46. The van der Waals surface area contributed by atoms with Crippen molar-refractivity contribution >= 4 is 5.91 Å². The second kappa shape index (κ2) is 6.69. The molecule has 0 aromatic carbocycles. The summed E-state index contributed by atoms with van der Waals surface area (Å²) in [5.74, 6) is 0.292. The molecule has 0 aliphatic carbocycles. The zero-order chi connectivity index (χ0) is 19.2. The number of ether oxygens (including phenoxy) is 1. The Morgan fingerprint density at radius 3 is 2.89 bits per heavy atom. The molecule has 4 heterocycles. The molecule has 4 rings (SSSR count). The molecule has 0 spiro atoms. The van der Waals surface area contributed by atoms with Gasteiger partial charge >= 0.3 is 0 Å². The highest BCUT2D eigenvalue weighted by Crippen LogP contribution is 2.42. The van der Waals surface area contributed by atoms with Gasteiger partial charge in [0.2, 0.25) is 0 Å². The van der Waals surface area contributed by atoms with Crippen molar-refractivity contribution < 1.29 is 14.6 Å². The van der Waals surface area contributed by atoms with E-state index in [0.29, 0.717) is 17.9 Å². The highest BCUT2D eigenvalue weighted by atomic mass is 16.5. The second-order valence-electron chi connectivity index (χ2n) is 8.29. The molecule has 0 saturated carbocycles. The molecule has 8 nitrogen and oxygen atoms in total. The normalized spacial score (nSPS) is 22.4. The Hall–Kier alpha value is -2.32. The van der Waals surface area contributed by atoms with Crippen molar-refractivity contribution in [3.8, 4) is 5.82 Å². The summed E-state index contributed by atoms with van der Waals surface area (Å²) in [6.07, 6.45) is 7.43. The summed E-state index contributed by atoms with van der Waals surface area (Å²) in [5.41, 5.74) is 1.94. The number of nitrogens with zero attached hydrogens (tertiary/aromatic N) is 4. The summed E-state index contributed by atoms with van der Waals surface area (Å²) < 4.78 is 7.74. The molecule has 2 bridgehead atoms. The third-order valence-electron chi connectivity index (χ3n) is 5.38. The molecule has 2 aliphatic heterocycles. The number of carbonyl (C=O) groups is 1. The van der Waals surface area contributed by atoms with Gasteiger partial charge in [0.05, 0.1) is 30.6 Å². The monoisotopic (exact) mass is 371 g/mol. The summed E-state index contributed by atoms with van der Waals surface area (Å²) in [7, 11) is 0. The van der Waals surface area contributed by atoms with E-state index in [4.69, 9.17) is 4.74 Å². The van der Waals surface area contributed by atoms with Crippen LogP contribution in [0.4, 0.5) is 0 Å². The lowest BCUT2D eigenvalue weighted by atomic mass is 9.87. The Labute approximate surface area is 158 Å². The fraction of sp³-hybridized carbons (Fsp3) is 0.579. The molecule has 2 aromatic rings. The van der Waals surface area contributed by atoms with E-state index >= 15 is 0 Å². The minimum Gasteiger partial charge on any atom is -0.394 e. The first-order valence-electron chi connectivity index (χ1n) is 9.34. The Balaban J connectivity index is 1.75. The maximum absolute atomic E-state index is 13.0. The van der Waals surface area contributed by atoms with Crippen molar-refractivity contribution in [3.05, 3.63) is 35.5 Å². The Kier molecular flexibility index (Phi) is 4.47. The number of carbonyl (C=O) groups excluding carboxylic acids is 1. The highest BCUT2D eigenvalue weighted by Gasteiger charge is 2.41. The quantitative estimate of drug-likeness (QED) is 0.846. The van der Waals surface area contributed by atoms with Crippen LogP contribution < -0.4 is 5.32 Å². The van der Waals surface area contributed by atoms with Gasteiger partial charge in [-0.1, -0.05) is 20.8 Å². The molecule has 1 fully saturated rings. The lowest BCUT2D eigenvalue weighted by Gasteiger charge is -2.29. The van der Waals surface area contributed by atoms with Gasteiger partial charge in [-0.15, -0.1) is 0 Å². The molecule has 3 atom stereocenters. The van der Waals surface area contributed by atoms with Crippen LogP contribution in [0.25, 0.3) is 5.82 Å². The van der Waals surface area contributed by atoms with Crippen molar-refractivity contribution in [2.24, 2.45) is 5.41 Å². The van der Waals surface area contributed by atoms with Crippen LogP contribution in [-0.2, 0) is 11.2 Å². The number of aromatic nitrogens is 4. The van der Waals surface area contributed by atoms with E-state index < -0.39 is 0 Å². The van der Waals surface area contributed by atoms with E-state index in [2.05, 4.69) is 20.4 Å². The molecule has 0 radical (unpaired) electrons. The summed E-state index contributed by atoms with van der Waals surface area (Å²) >= 11 is 0. The Morgan fingerprint density at radius 1 is 1.41 bits per heavy atom. The van der Waals surface area contributed by atoms with E-state index in [1.165, 1.54) is 0 Å². The maximum Gasteiger partial charge on any atom is 0.272 e. The average Bonchev–Trinajstić information content (AvgIpc) is 3.21. The molecule has 2 aromatic heterocycles. The van der Waals surface area contributed by atoms with Crippen molar-refractivity contribution in [1.82, 2.24) is 25.1 Å². The van der Waals surface area contributed by atoms with Gasteiger partial charge in [-0.2, -0.15) is 5.10 Å². The predicted octanol–water partition coefficient (Wildman–Crippen LogP) is 1.58. The molecule has 3 unspecified atom stereocenters. The third kappa shape index (κ3) is 3.23. The number of aliphatic hydroxyl groups is 1. The van der Waals surface area contributed by atoms with Crippen molar-refractivity contribution in [2.75, 3.05) is 6.61 Å². The predicted molar refractivity (Wildman–Crippen MR) is 97.5 cm³/mol. The fourth-order valence-corrected chi connectivity index (χ4v) is 3.80. The first-order chi connectivity index (χ1) is 12.9. The van der Waals surface area contributed by atoms with Gasteiger partial charge in [0, 0.05) is 24.4 Å². The number of aliphatic hydroxyl groups excluding tert-OH is 1. The van der Waals surface area contributed by atoms with Gasteiger partial charge in [0.25, 0.3) is 5.91 Å². The molecule has 1 saturated heterocycles. The van der Waals surface area contributed by atoms with Crippen LogP contribution in [0.15, 0.2) is 18.6 Å². The number of nitrogens with one attached hydrogen (secondary N) is 1. The first-order valence-corrected chi connectivity index (χ1v) is 9.34. The number of hydrogen-bond acceptors (Lipinski definition) is 6. The zero-order valence-electron chi connectivity index (χ0n) is 15.8. The van der Waals surface area contributed by atoms with Crippen LogP contribution in [0.2, 0.25) is 0 Å². The van der Waals surface area contributed by atoms with Crippen LogP contribution in [0.3, 0.4) is 0 Å². The molecule has 1 amide bonds. The topological polar surface area (TPSA) is 102 Å². The lowest BCUT2D eigenvalue weighted by molar-refractivity contribution is 0.0284. The summed E-state index contributed by atoms with van der Waals surface area (Å²) in [6.45, 7) is 5.82. The standard InChI is InChI=1S/C19H25N5O3/c1-19(2,3)14(10-25)22-18(26)16-12-8-11-4-5-13(27-11)17(12)24(23-16)15-9-20-6-7-21-15/h6-7,9,11,13-14,25H,4-5,8,10H2,1-3H3,(H,22,26). The molecular formula is C19H25N5O3. The molecule has 2 aliphatic rings. The van der Waals surface area contributed by atoms with Gasteiger partial charge in [-0.05, 0) is 18.3 Å². The largest absolute Gasteiger partial charge is 0.394 e. The van der Waals surface area contributed by atoms with Gasteiger partial charge in [0.15, 0.2) is 11.5 Å². The zero-order valence-corrected chi connectivity index (χ0v) is 15.8. The minimum atomic E-state index is -0.362. The van der Waals surface area contributed by atoms with Crippen LogP contribution in [0, 0.1) is 5.41 Å². The van der Waals surface area contributed by atoms with Crippen molar-refractivity contribution in [2.45, 2.75) is 58.3 Å². The second-order valence-corrected chi connectivity index (χ2v) is 8.29.